The lowest BCUT2D eigenvalue weighted by Crippen LogP contribution is -2.42. The van der Waals surface area contributed by atoms with E-state index in [9.17, 15) is 14.9 Å². The van der Waals surface area contributed by atoms with Crippen molar-refractivity contribution in [3.05, 3.63) is 28.4 Å². The number of fused-ring (bicyclic) bond motifs is 1. The maximum absolute atomic E-state index is 12.1. The highest BCUT2D eigenvalue weighted by Crippen LogP contribution is 2.38. The second-order valence-electron chi connectivity index (χ2n) is 8.03. The second kappa shape index (κ2) is 6.71. The topological polar surface area (TPSA) is 103 Å². The molecule has 0 radical (unpaired) electrons. The third-order valence-electron chi connectivity index (χ3n) is 4.71. The Morgan fingerprint density at radius 3 is 2.70 bits per heavy atom. The van der Waals surface area contributed by atoms with Gasteiger partial charge in [-0.25, -0.2) is 4.79 Å². The van der Waals surface area contributed by atoms with Crippen LogP contribution < -0.4 is 10.2 Å². The average molecular weight is 375 g/mol. The Bertz CT molecular complexity index is 886. The van der Waals surface area contributed by atoms with Crippen LogP contribution in [0.2, 0.25) is 0 Å². The van der Waals surface area contributed by atoms with Gasteiger partial charge in [0.1, 0.15) is 11.3 Å². The van der Waals surface area contributed by atoms with E-state index in [-0.39, 0.29) is 22.6 Å². The molecule has 27 heavy (non-hydrogen) atoms. The van der Waals surface area contributed by atoms with Crippen molar-refractivity contribution < 1.29 is 14.5 Å². The van der Waals surface area contributed by atoms with Crippen LogP contribution in [0.15, 0.2) is 18.3 Å². The van der Waals surface area contributed by atoms with Crippen LogP contribution in [0.4, 0.5) is 16.2 Å². The summed E-state index contributed by atoms with van der Waals surface area (Å²) in [5.74, 6) is 0.115. The van der Waals surface area contributed by atoms with E-state index in [4.69, 9.17) is 4.74 Å². The summed E-state index contributed by atoms with van der Waals surface area (Å²) in [6.07, 6.45) is 1.17. The lowest BCUT2D eigenvalue weighted by atomic mass is 10.1. The molecule has 1 fully saturated rings. The first-order valence-electron chi connectivity index (χ1n) is 8.90. The molecular weight excluding hydrogens is 350 g/mol. The third kappa shape index (κ3) is 3.81. The normalized spacial score (nSPS) is 20.1. The number of aromatic nitrogens is 2. The fourth-order valence-corrected chi connectivity index (χ4v) is 3.48. The van der Waals surface area contributed by atoms with Gasteiger partial charge in [-0.05, 0) is 32.8 Å². The number of anilines is 1. The molecule has 9 nitrogen and oxygen atoms in total. The van der Waals surface area contributed by atoms with Gasteiger partial charge in [-0.2, -0.15) is 5.10 Å². The molecule has 1 aliphatic heterocycles. The number of nitrogens with one attached hydrogen (secondary N) is 1. The van der Waals surface area contributed by atoms with Gasteiger partial charge in [0.25, 0.3) is 5.69 Å². The Labute approximate surface area is 157 Å². The summed E-state index contributed by atoms with van der Waals surface area (Å²) in [6, 6.07) is 3.06. The van der Waals surface area contributed by atoms with Crippen molar-refractivity contribution in [2.75, 3.05) is 18.0 Å². The molecule has 146 valence electrons. The van der Waals surface area contributed by atoms with Gasteiger partial charge in [-0.1, -0.05) is 6.92 Å². The van der Waals surface area contributed by atoms with Crippen molar-refractivity contribution in [1.29, 1.82) is 0 Å². The van der Waals surface area contributed by atoms with Gasteiger partial charge in [-0.15, -0.1) is 0 Å². The maximum Gasteiger partial charge on any atom is 0.407 e. The number of alkyl carbamates (subject to hydrolysis) is 1. The number of aryl methyl sites for hydroxylation is 1. The van der Waals surface area contributed by atoms with Crippen molar-refractivity contribution in [2.45, 2.75) is 39.3 Å². The Morgan fingerprint density at radius 2 is 2.07 bits per heavy atom. The number of rotatable bonds is 3. The number of carbonyl (C=O) groups excluding carboxylic acids is 1. The minimum absolute atomic E-state index is 0.0422. The zero-order chi connectivity index (χ0) is 19.9. The third-order valence-corrected chi connectivity index (χ3v) is 4.71. The number of nitro benzene ring substituents is 1. The van der Waals surface area contributed by atoms with Gasteiger partial charge in [0.05, 0.1) is 28.1 Å². The predicted octanol–water partition coefficient (Wildman–Crippen LogP) is 2.83. The molecule has 0 saturated carbocycles. The molecule has 1 N–H and O–H groups in total. The van der Waals surface area contributed by atoms with E-state index in [2.05, 4.69) is 10.4 Å². The first-order chi connectivity index (χ1) is 12.6. The van der Waals surface area contributed by atoms with E-state index in [1.807, 2.05) is 32.6 Å². The number of amides is 1. The van der Waals surface area contributed by atoms with E-state index in [0.717, 1.165) is 10.9 Å². The summed E-state index contributed by atoms with van der Waals surface area (Å²) in [5, 5.41) is 19.4. The zero-order valence-electron chi connectivity index (χ0n) is 16.2. The Balaban J connectivity index is 1.88. The molecule has 0 unspecified atom stereocenters. The smallest absolute Gasteiger partial charge is 0.407 e. The number of hydrogen-bond acceptors (Lipinski definition) is 6. The van der Waals surface area contributed by atoms with Crippen molar-refractivity contribution in [3.63, 3.8) is 0 Å². The standard InChI is InChI=1S/C18H25N5O4/c1-11-9-22(10-13(11)20-17(24)27-18(2,3)4)16-12-8-19-21(5)14(12)6-7-15(16)23(25)26/h6-8,11,13H,9-10H2,1-5H3,(H,20,24)/t11-,13+/m1/s1. The summed E-state index contributed by atoms with van der Waals surface area (Å²) in [6.45, 7) is 8.50. The zero-order valence-corrected chi connectivity index (χ0v) is 16.2. The van der Waals surface area contributed by atoms with Gasteiger partial charge in [0.2, 0.25) is 0 Å². The van der Waals surface area contributed by atoms with Gasteiger partial charge in [-0.3, -0.25) is 14.8 Å². The monoisotopic (exact) mass is 375 g/mol. The van der Waals surface area contributed by atoms with Crippen LogP contribution in [-0.4, -0.2) is 45.5 Å². The molecule has 2 heterocycles. The predicted molar refractivity (Wildman–Crippen MR) is 102 cm³/mol. The Hall–Kier alpha value is -2.84. The highest BCUT2D eigenvalue weighted by molar-refractivity contribution is 5.97. The van der Waals surface area contributed by atoms with Crippen molar-refractivity contribution in [3.8, 4) is 0 Å². The number of benzene rings is 1. The van der Waals surface area contributed by atoms with Crippen LogP contribution >= 0.6 is 0 Å². The second-order valence-corrected chi connectivity index (χ2v) is 8.03. The molecular formula is C18H25N5O4. The van der Waals surface area contributed by atoms with Crippen LogP contribution in [0.5, 0.6) is 0 Å². The number of nitro groups is 1. The first-order valence-corrected chi connectivity index (χ1v) is 8.90. The molecule has 1 aliphatic rings. The minimum Gasteiger partial charge on any atom is -0.444 e. The van der Waals surface area contributed by atoms with E-state index in [1.54, 1.807) is 24.0 Å². The summed E-state index contributed by atoms with van der Waals surface area (Å²) in [7, 11) is 1.80. The minimum atomic E-state index is -0.578. The number of nitrogens with zero attached hydrogens (tertiary/aromatic N) is 4. The van der Waals surface area contributed by atoms with Crippen LogP contribution in [0.25, 0.3) is 10.9 Å². The summed E-state index contributed by atoms with van der Waals surface area (Å²) in [5.41, 5.74) is 0.837. The number of hydrogen-bond donors (Lipinski definition) is 1. The molecule has 2 atom stereocenters. The number of ether oxygens (including phenoxy) is 1. The van der Waals surface area contributed by atoms with Gasteiger partial charge in [0.15, 0.2) is 0 Å². The summed E-state index contributed by atoms with van der Waals surface area (Å²) >= 11 is 0. The van der Waals surface area contributed by atoms with Crippen LogP contribution in [0.3, 0.4) is 0 Å². The SMILES string of the molecule is C[C@@H]1CN(c2c([N+](=O)[O-])ccc3c2cnn3C)C[C@@H]1NC(=O)OC(C)(C)C. The molecule has 3 rings (SSSR count). The van der Waals surface area contributed by atoms with Gasteiger partial charge in [0, 0.05) is 26.2 Å². The lowest BCUT2D eigenvalue weighted by molar-refractivity contribution is -0.384. The van der Waals surface area contributed by atoms with Crippen LogP contribution in [-0.2, 0) is 11.8 Å². The average Bonchev–Trinajstić information content (AvgIpc) is 3.08. The molecule has 1 amide bonds. The Morgan fingerprint density at radius 1 is 1.37 bits per heavy atom. The fourth-order valence-electron chi connectivity index (χ4n) is 3.48. The number of carbonyl (C=O) groups is 1. The maximum atomic E-state index is 12.1. The molecule has 0 bridgehead atoms. The molecule has 9 heteroatoms. The first kappa shape index (κ1) is 18.9. The molecule has 0 aliphatic carbocycles. The van der Waals surface area contributed by atoms with E-state index in [1.165, 1.54) is 6.07 Å². The lowest BCUT2D eigenvalue weighted by Gasteiger charge is -2.23. The highest BCUT2D eigenvalue weighted by atomic mass is 16.6. The van der Waals surface area contributed by atoms with E-state index in [0.29, 0.717) is 18.8 Å². The van der Waals surface area contributed by atoms with Crippen molar-refractivity contribution in [1.82, 2.24) is 15.1 Å². The van der Waals surface area contributed by atoms with Gasteiger partial charge < -0.3 is 15.0 Å². The quantitative estimate of drug-likeness (QED) is 0.654. The Kier molecular flexibility index (Phi) is 4.71. The van der Waals surface area contributed by atoms with Crippen LogP contribution in [0.1, 0.15) is 27.7 Å². The molecule has 0 spiro atoms. The van der Waals surface area contributed by atoms with E-state index >= 15 is 0 Å². The molecule has 1 saturated heterocycles. The van der Waals surface area contributed by atoms with Crippen molar-refractivity contribution in [2.24, 2.45) is 13.0 Å². The molecule has 2 aromatic rings. The van der Waals surface area contributed by atoms with Gasteiger partial charge >= 0.3 is 6.09 Å². The molecule has 1 aromatic heterocycles. The summed E-state index contributed by atoms with van der Waals surface area (Å²) < 4.78 is 7.03. The summed E-state index contributed by atoms with van der Waals surface area (Å²) in [4.78, 5) is 25.3. The largest absolute Gasteiger partial charge is 0.444 e. The van der Waals surface area contributed by atoms with Crippen molar-refractivity contribution >= 4 is 28.4 Å². The van der Waals surface area contributed by atoms with E-state index < -0.39 is 11.7 Å². The van der Waals surface area contributed by atoms with Crippen LogP contribution in [0, 0.1) is 16.0 Å². The fraction of sp³-hybridized carbons (Fsp3) is 0.556. The molecule has 1 aromatic carbocycles. The highest BCUT2D eigenvalue weighted by Gasteiger charge is 2.36.